The van der Waals surface area contributed by atoms with Crippen molar-refractivity contribution in [3.63, 3.8) is 0 Å². The molecule has 0 bridgehead atoms. The molecule has 1 heterocycles. The maximum absolute atomic E-state index is 12.1. The molecule has 0 aromatic rings. The number of hydrogen-bond donors (Lipinski definition) is 2. The van der Waals surface area contributed by atoms with E-state index in [1.54, 1.807) is 0 Å². The molecule has 17 heavy (non-hydrogen) atoms. The van der Waals surface area contributed by atoms with E-state index in [0.717, 1.165) is 17.7 Å². The van der Waals surface area contributed by atoms with Gasteiger partial charge in [0, 0.05) is 6.54 Å². The van der Waals surface area contributed by atoms with Crippen LogP contribution in [-0.4, -0.2) is 43.1 Å². The molecule has 0 unspecified atom stereocenters. The molecule has 2 rings (SSSR count). The monoisotopic (exact) mass is 261 g/mol. The summed E-state index contributed by atoms with van der Waals surface area (Å²) in [6.45, 7) is -0.175. The molecule has 96 valence electrons. The third-order valence-electron chi connectivity index (χ3n) is 3.30. The minimum Gasteiger partial charge on any atom is -0.323 e. The summed E-state index contributed by atoms with van der Waals surface area (Å²) in [5.41, 5.74) is -0.782. The Labute approximate surface area is 99.4 Å². The molecule has 0 aromatic carbocycles. The molecule has 2 fully saturated rings. The molecular weight excluding hydrogens is 246 g/mol. The second kappa shape index (κ2) is 3.95. The first-order valence-corrected chi connectivity index (χ1v) is 7.20. The first-order valence-electron chi connectivity index (χ1n) is 5.49. The number of nitrogens with one attached hydrogen (secondary N) is 1. The number of nitrogens with zero attached hydrogens (tertiary/aromatic N) is 1. The molecule has 3 N–H and O–H groups in total. The van der Waals surface area contributed by atoms with Gasteiger partial charge in [-0.15, -0.1) is 0 Å². The van der Waals surface area contributed by atoms with Crippen LogP contribution in [0.3, 0.4) is 0 Å². The average Bonchev–Trinajstić information content (AvgIpc) is 2.73. The lowest BCUT2D eigenvalue weighted by Gasteiger charge is -2.19. The number of urea groups is 1. The predicted molar refractivity (Wildman–Crippen MR) is 59.4 cm³/mol. The molecular formula is C9H15N3O4S. The van der Waals surface area contributed by atoms with Crippen LogP contribution in [0.15, 0.2) is 0 Å². The number of rotatable bonds is 3. The zero-order chi connectivity index (χ0) is 12.7. The Bertz CT molecular complexity index is 453. The van der Waals surface area contributed by atoms with Crippen LogP contribution in [0.2, 0.25) is 0 Å². The summed E-state index contributed by atoms with van der Waals surface area (Å²) in [7, 11) is -3.67. The molecule has 1 spiro atoms. The minimum absolute atomic E-state index is 0.175. The van der Waals surface area contributed by atoms with E-state index in [9.17, 15) is 18.0 Å². The van der Waals surface area contributed by atoms with Gasteiger partial charge in [0.1, 0.15) is 5.54 Å². The minimum atomic E-state index is -3.67. The topological polar surface area (TPSA) is 110 Å². The van der Waals surface area contributed by atoms with Crippen molar-refractivity contribution in [1.29, 1.82) is 0 Å². The lowest BCUT2D eigenvalue weighted by atomic mass is 9.98. The van der Waals surface area contributed by atoms with Crippen LogP contribution in [0.4, 0.5) is 4.79 Å². The molecule has 1 saturated carbocycles. The highest BCUT2D eigenvalue weighted by molar-refractivity contribution is 7.89. The number of amides is 3. The standard InChI is InChI=1S/C9H15N3O4S/c10-17(15,16)6-5-12-7(13)9(11-8(12)14)3-1-2-4-9/h1-6H2,(H,11,14)(H2,10,15,16). The van der Waals surface area contributed by atoms with E-state index >= 15 is 0 Å². The summed E-state index contributed by atoms with van der Waals surface area (Å²) in [6, 6.07) is -0.513. The highest BCUT2D eigenvalue weighted by Crippen LogP contribution is 2.34. The molecule has 1 aliphatic heterocycles. The summed E-state index contributed by atoms with van der Waals surface area (Å²) >= 11 is 0. The average molecular weight is 261 g/mol. The quantitative estimate of drug-likeness (QED) is 0.644. The normalized spacial score (nSPS) is 23.5. The van der Waals surface area contributed by atoms with E-state index in [2.05, 4.69) is 5.32 Å². The van der Waals surface area contributed by atoms with Gasteiger partial charge >= 0.3 is 6.03 Å². The largest absolute Gasteiger partial charge is 0.325 e. The Morgan fingerprint density at radius 1 is 1.29 bits per heavy atom. The second-order valence-corrected chi connectivity index (χ2v) is 6.28. The Balaban J connectivity index is 2.09. The predicted octanol–water partition coefficient (Wildman–Crippen LogP) is -0.860. The van der Waals surface area contributed by atoms with Crippen LogP contribution in [-0.2, 0) is 14.8 Å². The Hall–Kier alpha value is -1.15. The van der Waals surface area contributed by atoms with Gasteiger partial charge in [-0.2, -0.15) is 0 Å². The maximum Gasteiger partial charge on any atom is 0.325 e. The summed E-state index contributed by atoms with van der Waals surface area (Å²) in [4.78, 5) is 24.6. The SMILES string of the molecule is NS(=O)(=O)CCN1C(=O)NC2(CCCC2)C1=O. The molecule has 1 saturated heterocycles. The van der Waals surface area contributed by atoms with E-state index < -0.39 is 27.3 Å². The highest BCUT2D eigenvalue weighted by Gasteiger charge is 2.52. The van der Waals surface area contributed by atoms with Gasteiger partial charge in [-0.1, -0.05) is 12.8 Å². The van der Waals surface area contributed by atoms with Crippen LogP contribution in [0.25, 0.3) is 0 Å². The fourth-order valence-electron chi connectivity index (χ4n) is 2.42. The van der Waals surface area contributed by atoms with Gasteiger partial charge < -0.3 is 5.32 Å². The summed E-state index contributed by atoms with van der Waals surface area (Å²) in [5, 5.41) is 7.52. The maximum atomic E-state index is 12.1. The third kappa shape index (κ3) is 2.27. The number of nitrogens with two attached hydrogens (primary N) is 1. The molecule has 0 aromatic heterocycles. The number of carbonyl (C=O) groups is 2. The van der Waals surface area contributed by atoms with E-state index in [1.165, 1.54) is 0 Å². The lowest BCUT2D eigenvalue weighted by Crippen LogP contribution is -2.44. The zero-order valence-electron chi connectivity index (χ0n) is 9.31. The van der Waals surface area contributed by atoms with Crippen LogP contribution < -0.4 is 10.5 Å². The molecule has 0 radical (unpaired) electrons. The summed E-state index contributed by atoms with van der Waals surface area (Å²) in [5.74, 6) is -0.717. The number of hydrogen-bond acceptors (Lipinski definition) is 4. The van der Waals surface area contributed by atoms with Gasteiger partial charge in [0.2, 0.25) is 10.0 Å². The van der Waals surface area contributed by atoms with Crippen molar-refractivity contribution in [2.24, 2.45) is 5.14 Å². The van der Waals surface area contributed by atoms with Crippen LogP contribution >= 0.6 is 0 Å². The smallest absolute Gasteiger partial charge is 0.323 e. The fraction of sp³-hybridized carbons (Fsp3) is 0.778. The van der Waals surface area contributed by atoms with Gasteiger partial charge in [-0.25, -0.2) is 18.4 Å². The zero-order valence-corrected chi connectivity index (χ0v) is 10.1. The van der Waals surface area contributed by atoms with Gasteiger partial charge in [-0.05, 0) is 12.8 Å². The van der Waals surface area contributed by atoms with Crippen molar-refractivity contribution in [2.75, 3.05) is 12.3 Å². The molecule has 3 amide bonds. The van der Waals surface area contributed by atoms with Crippen molar-refractivity contribution in [3.8, 4) is 0 Å². The van der Waals surface area contributed by atoms with Gasteiger partial charge in [0.05, 0.1) is 5.75 Å². The van der Waals surface area contributed by atoms with E-state index in [-0.39, 0.29) is 12.5 Å². The van der Waals surface area contributed by atoms with Crippen molar-refractivity contribution in [1.82, 2.24) is 10.2 Å². The number of imide groups is 1. The number of sulfonamides is 1. The number of carbonyl (C=O) groups excluding carboxylic acids is 2. The van der Waals surface area contributed by atoms with Crippen LogP contribution in [0.1, 0.15) is 25.7 Å². The Kier molecular flexibility index (Phi) is 2.86. The highest BCUT2D eigenvalue weighted by atomic mass is 32.2. The van der Waals surface area contributed by atoms with Crippen LogP contribution in [0.5, 0.6) is 0 Å². The van der Waals surface area contributed by atoms with Crippen molar-refractivity contribution < 1.29 is 18.0 Å². The van der Waals surface area contributed by atoms with Gasteiger partial charge in [0.15, 0.2) is 0 Å². The van der Waals surface area contributed by atoms with E-state index in [4.69, 9.17) is 5.14 Å². The van der Waals surface area contributed by atoms with Crippen molar-refractivity contribution in [3.05, 3.63) is 0 Å². The first-order chi connectivity index (χ1) is 7.84. The summed E-state index contributed by atoms with van der Waals surface area (Å²) in [6.07, 6.45) is 3.05. The van der Waals surface area contributed by atoms with E-state index in [0.29, 0.717) is 12.8 Å². The van der Waals surface area contributed by atoms with E-state index in [1.807, 2.05) is 0 Å². The lowest BCUT2D eigenvalue weighted by molar-refractivity contribution is -0.130. The molecule has 8 heteroatoms. The van der Waals surface area contributed by atoms with Crippen molar-refractivity contribution in [2.45, 2.75) is 31.2 Å². The molecule has 7 nitrogen and oxygen atoms in total. The fourth-order valence-corrected chi connectivity index (χ4v) is 2.85. The van der Waals surface area contributed by atoms with Gasteiger partial charge in [0.25, 0.3) is 5.91 Å². The molecule has 0 atom stereocenters. The summed E-state index contributed by atoms with van der Waals surface area (Å²) < 4.78 is 21.6. The third-order valence-corrected chi connectivity index (χ3v) is 4.05. The van der Waals surface area contributed by atoms with Crippen molar-refractivity contribution >= 4 is 22.0 Å². The first kappa shape index (κ1) is 12.3. The number of primary sulfonamides is 1. The van der Waals surface area contributed by atoms with Gasteiger partial charge in [-0.3, -0.25) is 9.69 Å². The van der Waals surface area contributed by atoms with Crippen LogP contribution in [0, 0.1) is 0 Å². The Morgan fingerprint density at radius 3 is 2.41 bits per heavy atom. The second-order valence-electron chi connectivity index (χ2n) is 4.54. The Morgan fingerprint density at radius 2 is 1.88 bits per heavy atom. The molecule has 2 aliphatic rings. The molecule has 1 aliphatic carbocycles.